The van der Waals surface area contributed by atoms with Crippen molar-refractivity contribution >= 4 is 35.4 Å². The van der Waals surface area contributed by atoms with Crippen molar-refractivity contribution in [3.63, 3.8) is 0 Å². The van der Waals surface area contributed by atoms with E-state index < -0.39 is 29.9 Å². The molecule has 154 valence electrons. The number of hydrogen-bond donors (Lipinski definition) is 1. The van der Waals surface area contributed by atoms with Gasteiger partial charge in [-0.1, -0.05) is 12.1 Å². The van der Waals surface area contributed by atoms with Gasteiger partial charge in [0, 0.05) is 10.6 Å². The molecular formula is C21H23NO6S. The molecule has 0 fully saturated rings. The molecule has 0 spiro atoms. The van der Waals surface area contributed by atoms with Crippen LogP contribution >= 0.6 is 11.8 Å². The Bertz CT molecular complexity index is 834. The molecular weight excluding hydrogens is 394 g/mol. The first-order valence-corrected chi connectivity index (χ1v) is 9.92. The summed E-state index contributed by atoms with van der Waals surface area (Å²) >= 11 is 1.58. The highest BCUT2D eigenvalue weighted by molar-refractivity contribution is 7.98. The molecule has 2 aromatic carbocycles. The molecule has 0 saturated carbocycles. The fourth-order valence-corrected chi connectivity index (χ4v) is 3.20. The van der Waals surface area contributed by atoms with Gasteiger partial charge in [0.15, 0.2) is 5.92 Å². The van der Waals surface area contributed by atoms with Crippen molar-refractivity contribution in [1.82, 2.24) is 0 Å². The number of rotatable bonds is 8. The van der Waals surface area contributed by atoms with Crippen molar-refractivity contribution in [2.24, 2.45) is 5.92 Å². The Morgan fingerprint density at radius 2 is 1.38 bits per heavy atom. The van der Waals surface area contributed by atoms with Crippen molar-refractivity contribution in [3.05, 3.63) is 59.7 Å². The second kappa shape index (κ2) is 10.5. The van der Waals surface area contributed by atoms with E-state index in [0.717, 1.165) is 4.90 Å². The second-order valence-corrected chi connectivity index (χ2v) is 6.87. The van der Waals surface area contributed by atoms with E-state index in [1.165, 1.54) is 21.3 Å². The number of hydrogen-bond acceptors (Lipinski definition) is 8. The molecule has 0 bridgehead atoms. The fraction of sp³-hybridized carbons (Fsp3) is 0.286. The first kappa shape index (κ1) is 22.3. The molecule has 0 aliphatic carbocycles. The summed E-state index contributed by atoms with van der Waals surface area (Å²) in [4.78, 5) is 37.5. The number of methoxy groups -OCH3 is 3. The van der Waals surface area contributed by atoms with E-state index >= 15 is 0 Å². The lowest BCUT2D eigenvalue weighted by Gasteiger charge is -2.26. The summed E-state index contributed by atoms with van der Waals surface area (Å²) in [5.74, 6) is -3.10. The number of nitrogens with one attached hydrogen (secondary N) is 1. The Hall–Kier alpha value is -3.00. The molecule has 0 aromatic heterocycles. The highest BCUT2D eigenvalue weighted by Gasteiger charge is 2.38. The zero-order valence-corrected chi connectivity index (χ0v) is 17.4. The predicted molar refractivity (Wildman–Crippen MR) is 110 cm³/mol. The number of ether oxygens (including phenoxy) is 3. The molecule has 2 rings (SSSR count). The van der Waals surface area contributed by atoms with E-state index in [9.17, 15) is 14.4 Å². The third-order valence-corrected chi connectivity index (χ3v) is 5.09. The van der Waals surface area contributed by atoms with Gasteiger partial charge in [-0.25, -0.2) is 4.79 Å². The van der Waals surface area contributed by atoms with Crippen LogP contribution in [0, 0.1) is 5.92 Å². The smallest absolute Gasteiger partial charge is 0.337 e. The molecule has 0 saturated heterocycles. The molecule has 0 aliphatic heterocycles. The van der Waals surface area contributed by atoms with E-state index in [2.05, 4.69) is 5.32 Å². The van der Waals surface area contributed by atoms with E-state index in [4.69, 9.17) is 14.2 Å². The molecule has 1 N–H and O–H groups in total. The van der Waals surface area contributed by atoms with Crippen LogP contribution in [-0.4, -0.2) is 45.5 Å². The quantitative estimate of drug-likeness (QED) is 0.303. The first-order chi connectivity index (χ1) is 13.9. The predicted octanol–water partition coefficient (Wildman–Crippen LogP) is 3.31. The fourth-order valence-electron chi connectivity index (χ4n) is 2.79. The van der Waals surface area contributed by atoms with E-state index in [1.807, 2.05) is 30.5 Å². The van der Waals surface area contributed by atoms with Gasteiger partial charge < -0.3 is 19.5 Å². The largest absolute Gasteiger partial charge is 0.468 e. The van der Waals surface area contributed by atoms with Gasteiger partial charge in [-0.15, -0.1) is 11.8 Å². The summed E-state index contributed by atoms with van der Waals surface area (Å²) in [6, 6.07) is 13.3. The monoisotopic (exact) mass is 417 g/mol. The Balaban J connectivity index is 2.43. The number of benzene rings is 2. The lowest BCUT2D eigenvalue weighted by Crippen LogP contribution is -2.35. The minimum Gasteiger partial charge on any atom is -0.468 e. The van der Waals surface area contributed by atoms with Crippen molar-refractivity contribution in [1.29, 1.82) is 0 Å². The van der Waals surface area contributed by atoms with Gasteiger partial charge in [0.25, 0.3) is 0 Å². The van der Waals surface area contributed by atoms with Gasteiger partial charge >= 0.3 is 17.9 Å². The maximum absolute atomic E-state index is 12.4. The third-order valence-electron chi connectivity index (χ3n) is 4.35. The highest BCUT2D eigenvalue weighted by atomic mass is 32.2. The van der Waals surface area contributed by atoms with Gasteiger partial charge in [-0.05, 0) is 48.2 Å². The Morgan fingerprint density at radius 1 is 0.828 bits per heavy atom. The van der Waals surface area contributed by atoms with E-state index in [1.54, 1.807) is 36.0 Å². The molecule has 2 aromatic rings. The SMILES string of the molecule is COC(=O)c1ccc(NC(c2ccc(SC)cc2)C(C(=O)OC)C(=O)OC)cc1. The lowest BCUT2D eigenvalue weighted by atomic mass is 9.92. The zero-order valence-electron chi connectivity index (χ0n) is 16.6. The molecule has 0 radical (unpaired) electrons. The van der Waals surface area contributed by atoms with Crippen LogP contribution in [0.4, 0.5) is 5.69 Å². The Kier molecular flexibility index (Phi) is 8.09. The first-order valence-electron chi connectivity index (χ1n) is 8.69. The number of carbonyl (C=O) groups excluding carboxylic acids is 3. The van der Waals surface area contributed by atoms with Crippen LogP contribution in [0.2, 0.25) is 0 Å². The molecule has 0 heterocycles. The van der Waals surface area contributed by atoms with Crippen LogP contribution < -0.4 is 5.32 Å². The Morgan fingerprint density at radius 3 is 1.83 bits per heavy atom. The number of esters is 3. The molecule has 29 heavy (non-hydrogen) atoms. The summed E-state index contributed by atoms with van der Waals surface area (Å²) in [6.07, 6.45) is 1.96. The van der Waals surface area contributed by atoms with Crippen LogP contribution in [0.1, 0.15) is 22.0 Å². The molecule has 0 aliphatic rings. The third kappa shape index (κ3) is 5.51. The topological polar surface area (TPSA) is 90.9 Å². The normalized spacial score (nSPS) is 11.5. The zero-order chi connectivity index (χ0) is 21.4. The standard InChI is InChI=1S/C21H23NO6S/c1-26-19(23)14-5-9-15(10-6-14)22-18(13-7-11-16(29-4)12-8-13)17(20(24)27-2)21(25)28-3/h5-12,17-18,22H,1-4H3. The lowest BCUT2D eigenvalue weighted by molar-refractivity contribution is -0.159. The minimum absolute atomic E-state index is 0.386. The van der Waals surface area contributed by atoms with Gasteiger partial charge in [0.1, 0.15) is 0 Å². The number of anilines is 1. The average molecular weight is 417 g/mol. The van der Waals surface area contributed by atoms with Gasteiger partial charge in [0.05, 0.1) is 32.9 Å². The summed E-state index contributed by atoms with van der Waals surface area (Å²) in [7, 11) is 3.74. The molecule has 1 atom stereocenters. The van der Waals surface area contributed by atoms with Gasteiger partial charge in [-0.3, -0.25) is 9.59 Å². The van der Waals surface area contributed by atoms with Crippen LogP contribution in [0.25, 0.3) is 0 Å². The van der Waals surface area contributed by atoms with Crippen LogP contribution in [-0.2, 0) is 23.8 Å². The molecule has 7 nitrogen and oxygen atoms in total. The maximum atomic E-state index is 12.4. The van der Waals surface area contributed by atoms with Crippen LogP contribution in [0.3, 0.4) is 0 Å². The van der Waals surface area contributed by atoms with E-state index in [0.29, 0.717) is 16.8 Å². The molecule has 8 heteroatoms. The van der Waals surface area contributed by atoms with Crippen molar-refractivity contribution in [2.75, 3.05) is 32.9 Å². The molecule has 0 amide bonds. The molecule has 1 unspecified atom stereocenters. The van der Waals surface area contributed by atoms with Crippen molar-refractivity contribution < 1.29 is 28.6 Å². The summed E-state index contributed by atoms with van der Waals surface area (Å²) in [5, 5.41) is 3.19. The maximum Gasteiger partial charge on any atom is 0.337 e. The van der Waals surface area contributed by atoms with Crippen molar-refractivity contribution in [2.45, 2.75) is 10.9 Å². The number of thioether (sulfide) groups is 1. The minimum atomic E-state index is -1.22. The second-order valence-electron chi connectivity index (χ2n) is 5.99. The van der Waals surface area contributed by atoms with Gasteiger partial charge in [-0.2, -0.15) is 0 Å². The van der Waals surface area contributed by atoms with E-state index in [-0.39, 0.29) is 0 Å². The summed E-state index contributed by atoms with van der Waals surface area (Å²) in [6.45, 7) is 0. The highest BCUT2D eigenvalue weighted by Crippen LogP contribution is 2.30. The van der Waals surface area contributed by atoms with Gasteiger partial charge in [0.2, 0.25) is 0 Å². The van der Waals surface area contributed by atoms with Crippen LogP contribution in [0.15, 0.2) is 53.4 Å². The summed E-state index contributed by atoms with van der Waals surface area (Å²) < 4.78 is 14.4. The van der Waals surface area contributed by atoms with Crippen molar-refractivity contribution in [3.8, 4) is 0 Å². The average Bonchev–Trinajstić information content (AvgIpc) is 2.78. The summed E-state index contributed by atoms with van der Waals surface area (Å²) in [5.41, 5.74) is 1.70. The number of carbonyl (C=O) groups is 3. The van der Waals surface area contributed by atoms with Crippen LogP contribution in [0.5, 0.6) is 0 Å². The Labute approximate surface area is 173 Å².